The summed E-state index contributed by atoms with van der Waals surface area (Å²) in [6.07, 6.45) is -0.968. The van der Waals surface area contributed by atoms with Crippen LogP contribution in [0, 0.1) is 18.3 Å². The van der Waals surface area contributed by atoms with Gasteiger partial charge < -0.3 is 15.1 Å². The number of carbonyl (C=O) groups excluding carboxylic acids is 1. The lowest BCUT2D eigenvalue weighted by molar-refractivity contribution is -0.161. The number of halogens is 3. The molecular weight excluding hydrogens is 483 g/mol. The summed E-state index contributed by atoms with van der Waals surface area (Å²) in [6.45, 7) is 2.79. The molecule has 1 fully saturated rings. The number of rotatable bonds is 5. The number of hydrogen-bond donors (Lipinski definition) is 1. The molecule has 2 aromatic heterocycles. The summed E-state index contributed by atoms with van der Waals surface area (Å²) in [5.74, 6) is 0.520. The fourth-order valence-electron chi connectivity index (χ4n) is 4.80. The number of alkyl halides is 3. The first kappa shape index (κ1) is 24.4. The molecule has 0 bridgehead atoms. The van der Waals surface area contributed by atoms with Gasteiger partial charge in [-0.1, -0.05) is 12.1 Å². The first-order chi connectivity index (χ1) is 17.6. The Morgan fingerprint density at radius 2 is 2.03 bits per heavy atom. The zero-order chi connectivity index (χ0) is 26.3. The van der Waals surface area contributed by atoms with Crippen LogP contribution in [0.15, 0.2) is 48.8 Å². The van der Waals surface area contributed by atoms with Crippen LogP contribution in [0.1, 0.15) is 29.7 Å². The molecule has 5 rings (SSSR count). The molecule has 0 spiro atoms. The van der Waals surface area contributed by atoms with E-state index in [0.29, 0.717) is 22.8 Å². The Morgan fingerprint density at radius 3 is 2.76 bits per heavy atom. The lowest BCUT2D eigenvalue weighted by Gasteiger charge is -2.36. The number of imidazole rings is 1. The van der Waals surface area contributed by atoms with E-state index in [9.17, 15) is 23.2 Å². The lowest BCUT2D eigenvalue weighted by atomic mass is 9.98. The summed E-state index contributed by atoms with van der Waals surface area (Å²) in [4.78, 5) is 24.1. The van der Waals surface area contributed by atoms with E-state index in [1.165, 1.54) is 0 Å². The van der Waals surface area contributed by atoms with Gasteiger partial charge in [0.2, 0.25) is 11.7 Å². The van der Waals surface area contributed by atoms with Crippen molar-refractivity contribution >= 4 is 34.1 Å². The van der Waals surface area contributed by atoms with E-state index in [1.54, 1.807) is 23.4 Å². The second-order valence-corrected chi connectivity index (χ2v) is 9.11. The Labute approximate surface area is 210 Å². The Kier molecular flexibility index (Phi) is 6.11. The quantitative estimate of drug-likeness (QED) is 0.430. The molecule has 1 saturated heterocycles. The van der Waals surface area contributed by atoms with Crippen molar-refractivity contribution in [2.24, 2.45) is 0 Å². The van der Waals surface area contributed by atoms with Crippen LogP contribution >= 0.6 is 0 Å². The van der Waals surface area contributed by atoms with Crippen LogP contribution < -0.4 is 10.2 Å². The van der Waals surface area contributed by atoms with Crippen LogP contribution in [0.25, 0.3) is 16.7 Å². The third-order valence-electron chi connectivity index (χ3n) is 6.70. The predicted molar refractivity (Wildman–Crippen MR) is 133 cm³/mol. The van der Waals surface area contributed by atoms with Crippen molar-refractivity contribution in [3.8, 4) is 6.07 Å². The average Bonchev–Trinajstić information content (AvgIpc) is 3.33. The molecule has 190 valence electrons. The van der Waals surface area contributed by atoms with Gasteiger partial charge in [-0.25, -0.2) is 4.98 Å². The van der Waals surface area contributed by atoms with Crippen molar-refractivity contribution < 1.29 is 18.0 Å². The summed E-state index contributed by atoms with van der Waals surface area (Å²) < 4.78 is 40.3. The van der Waals surface area contributed by atoms with Crippen LogP contribution in [-0.2, 0) is 4.79 Å². The van der Waals surface area contributed by atoms with E-state index in [-0.39, 0.29) is 25.7 Å². The number of nitrogens with one attached hydrogen (secondary N) is 1. The monoisotopic (exact) mass is 507 g/mol. The highest BCUT2D eigenvalue weighted by atomic mass is 19.4. The van der Waals surface area contributed by atoms with E-state index in [2.05, 4.69) is 16.4 Å². The molecule has 1 amide bonds. The molecule has 11 heteroatoms. The Balaban J connectivity index is 1.49. The number of nitriles is 1. The molecule has 1 atom stereocenters. The zero-order valence-corrected chi connectivity index (χ0v) is 20.3. The molecule has 37 heavy (non-hydrogen) atoms. The fourth-order valence-corrected chi connectivity index (χ4v) is 4.80. The number of aromatic nitrogens is 3. The van der Waals surface area contributed by atoms with Gasteiger partial charge in [0.05, 0.1) is 29.7 Å². The van der Waals surface area contributed by atoms with Gasteiger partial charge in [-0.15, -0.1) is 0 Å². The number of anilines is 2. The van der Waals surface area contributed by atoms with Gasteiger partial charge in [-0.05, 0) is 49.2 Å². The minimum absolute atomic E-state index is 0.00810. The molecule has 0 unspecified atom stereocenters. The zero-order valence-electron chi connectivity index (χ0n) is 20.3. The van der Waals surface area contributed by atoms with E-state index in [0.717, 1.165) is 26.9 Å². The number of nitrogens with zero attached hydrogens (tertiary/aromatic N) is 6. The third-order valence-corrected chi connectivity index (χ3v) is 6.70. The van der Waals surface area contributed by atoms with Crippen LogP contribution in [0.4, 0.5) is 24.7 Å². The van der Waals surface area contributed by atoms with Crippen molar-refractivity contribution in [1.29, 1.82) is 5.26 Å². The third kappa shape index (κ3) is 4.74. The maximum absolute atomic E-state index is 12.8. The predicted octanol–water partition coefficient (Wildman–Crippen LogP) is 4.45. The van der Waals surface area contributed by atoms with E-state index in [4.69, 9.17) is 4.98 Å². The molecule has 0 radical (unpaired) electrons. The minimum Gasteiger partial charge on any atom is -0.363 e. The Bertz CT molecular complexity index is 1540. The number of hydrogen-bond acceptors (Lipinski definition) is 6. The van der Waals surface area contributed by atoms with Gasteiger partial charge in [0.25, 0.3) is 0 Å². The van der Waals surface area contributed by atoms with E-state index in [1.807, 2.05) is 48.6 Å². The number of amides is 1. The van der Waals surface area contributed by atoms with Crippen LogP contribution in [0.3, 0.4) is 0 Å². The molecular formula is C26H24F3N7O. The van der Waals surface area contributed by atoms with Crippen molar-refractivity contribution in [2.75, 3.05) is 36.4 Å². The second-order valence-electron chi connectivity index (χ2n) is 9.11. The molecule has 0 aliphatic carbocycles. The first-order valence-electron chi connectivity index (χ1n) is 11.8. The number of carbonyl (C=O) groups is 1. The van der Waals surface area contributed by atoms with Gasteiger partial charge in [0.1, 0.15) is 12.4 Å². The van der Waals surface area contributed by atoms with Crippen LogP contribution in [-0.4, -0.2) is 57.5 Å². The fraction of sp³-hybridized carbons (Fsp3) is 0.308. The normalized spacial score (nSPS) is 15.3. The minimum atomic E-state index is -4.43. The molecule has 4 aromatic rings. The second kappa shape index (κ2) is 9.28. The maximum atomic E-state index is 12.8. The smallest absolute Gasteiger partial charge is 0.363 e. The summed E-state index contributed by atoms with van der Waals surface area (Å²) in [5, 5.41) is 13.6. The van der Waals surface area contributed by atoms with Crippen molar-refractivity contribution in [1.82, 2.24) is 19.3 Å². The van der Waals surface area contributed by atoms with Crippen LogP contribution in [0.5, 0.6) is 0 Å². The lowest BCUT2D eigenvalue weighted by Crippen LogP contribution is -2.52. The van der Waals surface area contributed by atoms with Gasteiger partial charge in [0.15, 0.2) is 0 Å². The summed E-state index contributed by atoms with van der Waals surface area (Å²) in [6, 6.07) is 13.2. The van der Waals surface area contributed by atoms with Gasteiger partial charge in [-0.2, -0.15) is 23.4 Å². The summed E-state index contributed by atoms with van der Waals surface area (Å²) in [7, 11) is 0. The number of benzene rings is 2. The average molecular weight is 508 g/mol. The standard InChI is InChI=1S/C26H24F3N7O/c1-16-18(13-30)4-3-5-20(16)17(2)32-24-21-12-19(6-7-22(21)36-9-8-31-25(36)33-24)34-10-11-35(23(37)14-34)15-26(27,28)29/h3-9,12,17H,10-11,14-15H2,1-2H3,(H,31,32,33)/t17-/m1/s1. The van der Waals surface area contributed by atoms with Gasteiger partial charge in [0, 0.05) is 36.6 Å². The topological polar surface area (TPSA) is 89.6 Å². The SMILES string of the molecule is Cc1c(C#N)cccc1[C@@H](C)Nc1nc2nccn2c2ccc(N3CCN(CC(F)(F)F)C(=O)C3)cc12. The first-order valence-corrected chi connectivity index (χ1v) is 11.8. The number of piperazine rings is 1. The highest BCUT2D eigenvalue weighted by Gasteiger charge is 2.35. The molecule has 0 saturated carbocycles. The van der Waals surface area contributed by atoms with E-state index >= 15 is 0 Å². The molecule has 3 heterocycles. The maximum Gasteiger partial charge on any atom is 0.406 e. The molecule has 1 aliphatic rings. The van der Waals surface area contributed by atoms with Crippen LogP contribution in [0.2, 0.25) is 0 Å². The van der Waals surface area contributed by atoms with Crippen molar-refractivity contribution in [3.63, 3.8) is 0 Å². The van der Waals surface area contributed by atoms with Gasteiger partial charge >= 0.3 is 6.18 Å². The largest absolute Gasteiger partial charge is 0.406 e. The highest BCUT2D eigenvalue weighted by Crippen LogP contribution is 2.32. The Hall–Kier alpha value is -4.33. The van der Waals surface area contributed by atoms with Crippen molar-refractivity contribution in [2.45, 2.75) is 26.1 Å². The Morgan fingerprint density at radius 1 is 1.22 bits per heavy atom. The molecule has 1 aliphatic heterocycles. The summed E-state index contributed by atoms with van der Waals surface area (Å²) in [5.41, 5.74) is 3.99. The van der Waals surface area contributed by atoms with E-state index < -0.39 is 18.6 Å². The summed E-state index contributed by atoms with van der Waals surface area (Å²) >= 11 is 0. The van der Waals surface area contributed by atoms with Gasteiger partial charge in [-0.3, -0.25) is 9.20 Å². The highest BCUT2D eigenvalue weighted by molar-refractivity contribution is 5.94. The molecule has 2 aromatic carbocycles. The number of fused-ring (bicyclic) bond motifs is 3. The molecule has 1 N–H and O–H groups in total. The molecule has 8 nitrogen and oxygen atoms in total. The van der Waals surface area contributed by atoms with Crippen molar-refractivity contribution in [3.05, 3.63) is 65.5 Å².